The number of thiophene rings is 1. The van der Waals surface area contributed by atoms with E-state index in [0.29, 0.717) is 27.4 Å². The van der Waals surface area contributed by atoms with E-state index in [9.17, 15) is 9.59 Å². The van der Waals surface area contributed by atoms with Crippen LogP contribution in [0.15, 0.2) is 12.1 Å². The molecule has 0 radical (unpaired) electrons. The lowest BCUT2D eigenvalue weighted by atomic mass is 10.1. The summed E-state index contributed by atoms with van der Waals surface area (Å²) in [7, 11) is 1.00. The summed E-state index contributed by atoms with van der Waals surface area (Å²) in [5.41, 5.74) is 1.14. The lowest BCUT2D eigenvalue weighted by Crippen LogP contribution is -2.38. The van der Waals surface area contributed by atoms with Crippen molar-refractivity contribution in [2.24, 2.45) is 5.92 Å². The van der Waals surface area contributed by atoms with Gasteiger partial charge in [0.05, 0.1) is 21.5 Å². The third kappa shape index (κ3) is 6.74. The van der Waals surface area contributed by atoms with Crippen LogP contribution in [0, 0.1) is 5.92 Å². The van der Waals surface area contributed by atoms with E-state index in [1.165, 1.54) is 35.6 Å². The van der Waals surface area contributed by atoms with Gasteiger partial charge < -0.3 is 15.7 Å². The van der Waals surface area contributed by atoms with Gasteiger partial charge in [-0.1, -0.05) is 11.6 Å². The van der Waals surface area contributed by atoms with Crippen molar-refractivity contribution in [3.8, 4) is 0 Å². The van der Waals surface area contributed by atoms with Gasteiger partial charge in [-0.3, -0.25) is 19.4 Å². The number of likely N-dealkylation sites (tertiary alicyclic amines) is 1. The van der Waals surface area contributed by atoms with Crippen molar-refractivity contribution in [1.29, 1.82) is 0 Å². The van der Waals surface area contributed by atoms with Gasteiger partial charge in [-0.2, -0.15) is 0 Å². The van der Waals surface area contributed by atoms with Crippen LogP contribution in [-0.4, -0.2) is 77.6 Å². The van der Waals surface area contributed by atoms with Gasteiger partial charge in [0, 0.05) is 57.2 Å². The van der Waals surface area contributed by atoms with Crippen LogP contribution in [0.25, 0.3) is 0 Å². The summed E-state index contributed by atoms with van der Waals surface area (Å²) in [6.45, 7) is 5.00. The number of carbonyl (C=O) groups is 2. The zero-order valence-corrected chi connectivity index (χ0v) is 21.1. The third-order valence-electron chi connectivity index (χ3n) is 6.04. The molecule has 1 saturated carbocycles. The van der Waals surface area contributed by atoms with E-state index >= 15 is 0 Å². The third-order valence-corrected chi connectivity index (χ3v) is 8.27. The number of nitrogens with zero attached hydrogens (tertiary/aromatic N) is 3. The summed E-state index contributed by atoms with van der Waals surface area (Å²) in [6.07, 6.45) is 4.55. The Morgan fingerprint density at radius 1 is 1.18 bits per heavy atom. The second-order valence-corrected chi connectivity index (χ2v) is 11.5. The first kappa shape index (κ1) is 24.6. The Morgan fingerprint density at radius 3 is 2.73 bits per heavy atom. The van der Waals surface area contributed by atoms with Crippen molar-refractivity contribution in [2.45, 2.75) is 38.3 Å². The number of aliphatic hydroxyl groups excluding tert-OH is 1. The predicted octanol–water partition coefficient (Wildman–Crippen LogP) is 2.68. The largest absolute Gasteiger partial charge is 0.400 e. The number of hydrogen-bond acceptors (Lipinski definition) is 8. The fraction of sp³-hybridized carbons (Fsp3) is 0.591. The van der Waals surface area contributed by atoms with E-state index in [1.54, 1.807) is 23.5 Å². The van der Waals surface area contributed by atoms with Crippen molar-refractivity contribution >= 4 is 51.2 Å². The second kappa shape index (κ2) is 11.2. The number of rotatable bonds is 7. The van der Waals surface area contributed by atoms with Crippen molar-refractivity contribution in [3.63, 3.8) is 0 Å². The Morgan fingerprint density at radius 2 is 2.00 bits per heavy atom. The average Bonchev–Trinajstić information content (AvgIpc) is 3.14. The monoisotopic (exact) mass is 511 g/mol. The Kier molecular flexibility index (Phi) is 8.37. The standard InChI is InChI=1S/C21H26ClN5O2S2.CH4O/c22-18-4-3-16(30-18)20(29)23-14-5-7-27(10-14)12-19(28)25-21-24-15-6-8-26(9-13-1-2-13)11-17(15)31-21;1-2/h3-4,13-14H,1-2,5-12H2,(H,23,29)(H,24,25,28);2H,1H3. The molecule has 3 aliphatic rings. The van der Waals surface area contributed by atoms with Gasteiger partial charge in [0.15, 0.2) is 5.13 Å². The summed E-state index contributed by atoms with van der Waals surface area (Å²) in [5.74, 6) is 0.751. The maximum absolute atomic E-state index is 12.6. The molecule has 4 heterocycles. The van der Waals surface area contributed by atoms with Crippen molar-refractivity contribution < 1.29 is 14.7 Å². The molecular formula is C22H30ClN5O3S2. The van der Waals surface area contributed by atoms with Crippen LogP contribution in [0.5, 0.6) is 0 Å². The van der Waals surface area contributed by atoms with Gasteiger partial charge in [-0.15, -0.1) is 22.7 Å². The molecule has 2 aromatic rings. The minimum atomic E-state index is -0.0997. The number of fused-ring (bicyclic) bond motifs is 1. The summed E-state index contributed by atoms with van der Waals surface area (Å²) in [4.78, 5) is 36.0. The van der Waals surface area contributed by atoms with E-state index in [1.807, 2.05) is 0 Å². The van der Waals surface area contributed by atoms with Crippen LogP contribution in [0.2, 0.25) is 4.34 Å². The zero-order chi connectivity index (χ0) is 23.4. The van der Waals surface area contributed by atoms with E-state index in [4.69, 9.17) is 16.7 Å². The molecule has 180 valence electrons. The highest BCUT2D eigenvalue weighted by Gasteiger charge is 2.29. The number of thiazole rings is 1. The fourth-order valence-electron chi connectivity index (χ4n) is 4.27. The van der Waals surface area contributed by atoms with Crippen molar-refractivity contribution in [1.82, 2.24) is 20.1 Å². The average molecular weight is 512 g/mol. The first-order valence-corrected chi connectivity index (χ1v) is 13.3. The molecule has 0 aromatic carbocycles. The molecule has 1 unspecified atom stereocenters. The van der Waals surface area contributed by atoms with Crippen LogP contribution in [-0.2, 0) is 17.8 Å². The first-order valence-electron chi connectivity index (χ1n) is 11.3. The first-order chi connectivity index (χ1) is 16.0. The van der Waals surface area contributed by atoms with E-state index in [0.717, 1.165) is 51.2 Å². The molecule has 3 N–H and O–H groups in total. The summed E-state index contributed by atoms with van der Waals surface area (Å²) in [6, 6.07) is 3.51. The molecule has 8 nitrogen and oxygen atoms in total. The molecule has 0 bridgehead atoms. The molecule has 5 rings (SSSR count). The van der Waals surface area contributed by atoms with Crippen LogP contribution >= 0.6 is 34.3 Å². The lowest BCUT2D eigenvalue weighted by molar-refractivity contribution is -0.117. The zero-order valence-electron chi connectivity index (χ0n) is 18.7. The lowest BCUT2D eigenvalue weighted by Gasteiger charge is -2.25. The van der Waals surface area contributed by atoms with Crippen LogP contribution in [0.3, 0.4) is 0 Å². The summed E-state index contributed by atoms with van der Waals surface area (Å²) in [5, 5.41) is 13.7. The Labute approximate surface area is 206 Å². The number of nitrogens with one attached hydrogen (secondary N) is 2. The van der Waals surface area contributed by atoms with Gasteiger partial charge >= 0.3 is 0 Å². The SMILES string of the molecule is CO.O=C(CN1CCC(NC(=O)c2ccc(Cl)s2)C1)Nc1nc2c(s1)CN(CC1CC1)CC2. The number of anilines is 1. The fourth-order valence-corrected chi connectivity index (χ4v) is 6.29. The van der Waals surface area contributed by atoms with Gasteiger partial charge in [0.1, 0.15) is 0 Å². The van der Waals surface area contributed by atoms with Gasteiger partial charge in [-0.05, 0) is 37.3 Å². The summed E-state index contributed by atoms with van der Waals surface area (Å²) >= 11 is 8.80. The topological polar surface area (TPSA) is 97.8 Å². The number of amides is 2. The molecule has 11 heteroatoms. The van der Waals surface area contributed by atoms with E-state index in [-0.39, 0.29) is 17.9 Å². The number of halogens is 1. The minimum absolute atomic E-state index is 0.0436. The van der Waals surface area contributed by atoms with Crippen LogP contribution in [0.1, 0.15) is 39.5 Å². The molecule has 2 aromatic heterocycles. The highest BCUT2D eigenvalue weighted by atomic mass is 35.5. The Bertz CT molecular complexity index is 977. The summed E-state index contributed by atoms with van der Waals surface area (Å²) < 4.78 is 0.606. The molecule has 1 aliphatic carbocycles. The minimum Gasteiger partial charge on any atom is -0.400 e. The molecule has 1 saturated heterocycles. The molecule has 2 aliphatic heterocycles. The van der Waals surface area contributed by atoms with Crippen molar-refractivity contribution in [3.05, 3.63) is 31.9 Å². The maximum atomic E-state index is 12.6. The van der Waals surface area contributed by atoms with Crippen LogP contribution in [0.4, 0.5) is 5.13 Å². The quantitative estimate of drug-likeness (QED) is 0.528. The van der Waals surface area contributed by atoms with Crippen LogP contribution < -0.4 is 10.6 Å². The molecule has 33 heavy (non-hydrogen) atoms. The second-order valence-electron chi connectivity index (χ2n) is 8.66. The molecule has 0 spiro atoms. The number of aromatic nitrogens is 1. The molecule has 2 amide bonds. The Hall–Kier alpha value is -1.56. The molecule has 2 fully saturated rings. The number of hydrogen-bond donors (Lipinski definition) is 3. The Balaban J connectivity index is 0.00000126. The molecular weight excluding hydrogens is 482 g/mol. The highest BCUT2D eigenvalue weighted by molar-refractivity contribution is 7.18. The number of carbonyl (C=O) groups excluding carboxylic acids is 2. The highest BCUT2D eigenvalue weighted by Crippen LogP contribution is 2.33. The predicted molar refractivity (Wildman–Crippen MR) is 132 cm³/mol. The normalized spacial score (nSPS) is 20.6. The van der Waals surface area contributed by atoms with E-state index in [2.05, 4.69) is 25.4 Å². The maximum Gasteiger partial charge on any atom is 0.261 e. The molecule has 1 atom stereocenters. The van der Waals surface area contributed by atoms with Gasteiger partial charge in [0.25, 0.3) is 5.91 Å². The van der Waals surface area contributed by atoms with Gasteiger partial charge in [0.2, 0.25) is 5.91 Å². The van der Waals surface area contributed by atoms with Crippen molar-refractivity contribution in [2.75, 3.05) is 45.2 Å². The van der Waals surface area contributed by atoms with Gasteiger partial charge in [-0.25, -0.2) is 4.98 Å². The van der Waals surface area contributed by atoms with E-state index < -0.39 is 0 Å². The number of aliphatic hydroxyl groups is 1. The smallest absolute Gasteiger partial charge is 0.261 e.